The Bertz CT molecular complexity index is 947. The van der Waals surface area contributed by atoms with Crippen LogP contribution in [0.5, 0.6) is 5.75 Å². The number of aryl methyl sites for hydroxylation is 2. The molecule has 1 fully saturated rings. The fourth-order valence-corrected chi connectivity index (χ4v) is 4.85. The fourth-order valence-electron chi connectivity index (χ4n) is 4.85. The molecule has 2 aromatic rings. The molecule has 1 aliphatic heterocycles. The van der Waals surface area contributed by atoms with E-state index in [1.807, 2.05) is 31.2 Å². The first kappa shape index (κ1) is 19.7. The van der Waals surface area contributed by atoms with E-state index in [4.69, 9.17) is 9.47 Å². The number of rotatable bonds is 4. The maximum atomic E-state index is 12.6. The summed E-state index contributed by atoms with van der Waals surface area (Å²) in [6, 6.07) is 14.3. The Morgan fingerprint density at radius 3 is 2.55 bits per heavy atom. The van der Waals surface area contributed by atoms with Crippen LogP contribution in [0.3, 0.4) is 0 Å². The molecule has 152 valence electrons. The third-order valence-electron chi connectivity index (χ3n) is 6.59. The Balaban J connectivity index is 1.60. The van der Waals surface area contributed by atoms with E-state index in [1.165, 1.54) is 5.56 Å². The minimum Gasteiger partial charge on any atom is -0.496 e. The van der Waals surface area contributed by atoms with Gasteiger partial charge in [0.15, 0.2) is 0 Å². The average molecular weight is 392 g/mol. The van der Waals surface area contributed by atoms with Gasteiger partial charge in [0.05, 0.1) is 12.7 Å². The molecule has 4 nitrogen and oxygen atoms in total. The van der Waals surface area contributed by atoms with Crippen molar-refractivity contribution in [1.82, 2.24) is 4.90 Å². The van der Waals surface area contributed by atoms with E-state index in [2.05, 4.69) is 43.1 Å². The van der Waals surface area contributed by atoms with Gasteiger partial charge < -0.3 is 9.47 Å². The maximum Gasteiger partial charge on any atom is 0.343 e. The van der Waals surface area contributed by atoms with Crippen molar-refractivity contribution >= 4 is 5.97 Å². The molecular formula is C25H29NO3. The Morgan fingerprint density at radius 1 is 1.10 bits per heavy atom. The number of fused-ring (bicyclic) bond motifs is 1. The molecule has 0 aromatic heterocycles. The number of likely N-dealkylation sites (tertiary alicyclic amines) is 1. The summed E-state index contributed by atoms with van der Waals surface area (Å²) in [6.45, 7) is 5.14. The summed E-state index contributed by atoms with van der Waals surface area (Å²) in [7, 11) is 3.87. The zero-order valence-electron chi connectivity index (χ0n) is 17.7. The molecule has 2 aromatic carbocycles. The molecule has 2 atom stereocenters. The van der Waals surface area contributed by atoms with Gasteiger partial charge in [-0.3, -0.25) is 4.90 Å². The molecule has 0 spiro atoms. The number of hydrogen-bond acceptors (Lipinski definition) is 4. The highest BCUT2D eigenvalue weighted by molar-refractivity contribution is 5.90. The number of nitrogens with zero attached hydrogens (tertiary/aromatic N) is 1. The Morgan fingerprint density at radius 2 is 1.86 bits per heavy atom. The lowest BCUT2D eigenvalue weighted by atomic mass is 9.68. The van der Waals surface area contributed by atoms with Crippen molar-refractivity contribution in [2.75, 3.05) is 20.7 Å². The van der Waals surface area contributed by atoms with Gasteiger partial charge in [0.1, 0.15) is 11.5 Å². The molecule has 1 heterocycles. The zero-order chi connectivity index (χ0) is 20.6. The lowest BCUT2D eigenvalue weighted by molar-refractivity contribution is 0.0593. The highest BCUT2D eigenvalue weighted by atomic mass is 16.5. The number of allylic oxidation sites excluding steroid dienone is 1. The monoisotopic (exact) mass is 391 g/mol. The lowest BCUT2D eigenvalue weighted by Gasteiger charge is -2.40. The molecule has 1 aliphatic carbocycles. The van der Waals surface area contributed by atoms with Gasteiger partial charge in [0.2, 0.25) is 0 Å². The topological polar surface area (TPSA) is 38.8 Å². The lowest BCUT2D eigenvalue weighted by Crippen LogP contribution is -2.42. The molecule has 0 bridgehead atoms. The van der Waals surface area contributed by atoms with Crippen molar-refractivity contribution in [3.05, 3.63) is 76.6 Å². The molecule has 2 aliphatic rings. The van der Waals surface area contributed by atoms with Gasteiger partial charge in [-0.2, -0.15) is 0 Å². The van der Waals surface area contributed by atoms with Crippen LogP contribution in [0.25, 0.3) is 0 Å². The number of methoxy groups -OCH3 is 1. The summed E-state index contributed by atoms with van der Waals surface area (Å²) in [5.74, 6) is 1.44. The number of hydrogen-bond donors (Lipinski definition) is 0. The molecule has 4 rings (SSSR count). The van der Waals surface area contributed by atoms with Crippen LogP contribution in [0.2, 0.25) is 0 Å². The van der Waals surface area contributed by atoms with Gasteiger partial charge in [0, 0.05) is 17.9 Å². The standard InChI is InChI=1S/C25H29NO3/c1-17-5-7-19(8-6-17)24(27)29-21-11-12-25(13-14-26(3)23(25)16-21)20-9-10-22(28-4)18(2)15-20/h5-10,15-16,23H,11-14H2,1-4H3/t23-,25-/m0/s1. The quantitative estimate of drug-likeness (QED) is 0.703. The Kier molecular flexibility index (Phi) is 5.22. The predicted molar refractivity (Wildman–Crippen MR) is 114 cm³/mol. The van der Waals surface area contributed by atoms with Crippen molar-refractivity contribution in [3.63, 3.8) is 0 Å². The van der Waals surface area contributed by atoms with Crippen molar-refractivity contribution in [1.29, 1.82) is 0 Å². The molecule has 1 saturated heterocycles. The molecule has 0 N–H and O–H groups in total. The summed E-state index contributed by atoms with van der Waals surface area (Å²) in [5.41, 5.74) is 4.30. The van der Waals surface area contributed by atoms with Gasteiger partial charge in [-0.05, 0) is 75.7 Å². The van der Waals surface area contributed by atoms with E-state index < -0.39 is 0 Å². The van der Waals surface area contributed by atoms with Gasteiger partial charge in [0.25, 0.3) is 0 Å². The minimum absolute atomic E-state index is 0.0611. The number of benzene rings is 2. The number of carbonyl (C=O) groups is 1. The van der Waals surface area contributed by atoms with Crippen LogP contribution in [-0.4, -0.2) is 37.6 Å². The molecule has 0 saturated carbocycles. The molecule has 0 amide bonds. The Labute approximate surface area is 173 Å². The molecule has 0 radical (unpaired) electrons. The number of likely N-dealkylation sites (N-methyl/N-ethyl adjacent to an activating group) is 1. The van der Waals surface area contributed by atoms with E-state index in [1.54, 1.807) is 7.11 Å². The van der Waals surface area contributed by atoms with Crippen molar-refractivity contribution < 1.29 is 14.3 Å². The normalized spacial score (nSPS) is 24.0. The highest BCUT2D eigenvalue weighted by Gasteiger charge is 2.48. The minimum atomic E-state index is -0.273. The van der Waals surface area contributed by atoms with Crippen molar-refractivity contribution in [2.24, 2.45) is 0 Å². The van der Waals surface area contributed by atoms with Gasteiger partial charge in [-0.15, -0.1) is 0 Å². The van der Waals surface area contributed by atoms with E-state index >= 15 is 0 Å². The zero-order valence-corrected chi connectivity index (χ0v) is 17.7. The summed E-state index contributed by atoms with van der Waals surface area (Å²) >= 11 is 0. The first-order valence-corrected chi connectivity index (χ1v) is 10.3. The molecule has 29 heavy (non-hydrogen) atoms. The second-order valence-corrected chi connectivity index (χ2v) is 8.40. The number of esters is 1. The van der Waals surface area contributed by atoms with Crippen LogP contribution in [0, 0.1) is 13.8 Å². The third-order valence-corrected chi connectivity index (χ3v) is 6.59. The summed E-state index contributed by atoms with van der Waals surface area (Å²) < 4.78 is 11.2. The fraction of sp³-hybridized carbons (Fsp3) is 0.400. The Hall–Kier alpha value is -2.59. The number of ether oxygens (including phenoxy) is 2. The molecular weight excluding hydrogens is 362 g/mol. The average Bonchev–Trinajstić information content (AvgIpc) is 3.06. The third kappa shape index (κ3) is 3.58. The number of carbonyl (C=O) groups excluding carboxylic acids is 1. The van der Waals surface area contributed by atoms with E-state index in [0.29, 0.717) is 5.56 Å². The molecule has 0 unspecified atom stereocenters. The van der Waals surface area contributed by atoms with Crippen LogP contribution in [0.4, 0.5) is 0 Å². The largest absolute Gasteiger partial charge is 0.496 e. The predicted octanol–water partition coefficient (Wildman–Crippen LogP) is 4.79. The van der Waals surface area contributed by atoms with E-state index in [-0.39, 0.29) is 17.4 Å². The summed E-state index contributed by atoms with van der Waals surface area (Å²) in [4.78, 5) is 14.9. The highest BCUT2D eigenvalue weighted by Crippen LogP contribution is 2.48. The van der Waals surface area contributed by atoms with Crippen LogP contribution in [-0.2, 0) is 10.2 Å². The smallest absolute Gasteiger partial charge is 0.343 e. The summed E-state index contributed by atoms with van der Waals surface area (Å²) in [5, 5.41) is 0. The second-order valence-electron chi connectivity index (χ2n) is 8.40. The van der Waals surface area contributed by atoms with Crippen molar-refractivity contribution in [2.45, 2.75) is 44.6 Å². The summed E-state index contributed by atoms with van der Waals surface area (Å²) in [6.07, 6.45) is 5.02. The SMILES string of the molecule is COc1ccc([C@@]23CCC(OC(=O)c4ccc(C)cc4)=C[C@@H]2N(C)CC3)cc1C. The first-order valence-electron chi connectivity index (χ1n) is 10.3. The first-order chi connectivity index (χ1) is 13.9. The van der Waals surface area contributed by atoms with Crippen LogP contribution >= 0.6 is 0 Å². The van der Waals surface area contributed by atoms with Crippen LogP contribution in [0.15, 0.2) is 54.3 Å². The van der Waals surface area contributed by atoms with Gasteiger partial charge >= 0.3 is 5.97 Å². The van der Waals surface area contributed by atoms with Crippen LogP contribution < -0.4 is 4.74 Å². The molecule has 4 heteroatoms. The maximum absolute atomic E-state index is 12.6. The van der Waals surface area contributed by atoms with E-state index in [9.17, 15) is 4.79 Å². The second kappa shape index (κ2) is 7.68. The van der Waals surface area contributed by atoms with Gasteiger partial charge in [-0.1, -0.05) is 29.8 Å². The van der Waals surface area contributed by atoms with Crippen molar-refractivity contribution in [3.8, 4) is 5.75 Å². The van der Waals surface area contributed by atoms with Crippen LogP contribution in [0.1, 0.15) is 46.3 Å². The van der Waals surface area contributed by atoms with E-state index in [0.717, 1.165) is 48.4 Å². The van der Waals surface area contributed by atoms with Gasteiger partial charge in [-0.25, -0.2) is 4.79 Å².